The van der Waals surface area contributed by atoms with E-state index in [0.717, 1.165) is 6.42 Å². The molecule has 1 unspecified atom stereocenters. The first-order valence-electron chi connectivity index (χ1n) is 5.41. The topological polar surface area (TPSA) is 107 Å². The van der Waals surface area contributed by atoms with Crippen molar-refractivity contribution in [2.24, 2.45) is 22.2 Å². The van der Waals surface area contributed by atoms with Gasteiger partial charge < -0.3 is 17.2 Å². The van der Waals surface area contributed by atoms with Gasteiger partial charge >= 0.3 is 0 Å². The highest BCUT2D eigenvalue weighted by Crippen LogP contribution is 1.98. The van der Waals surface area contributed by atoms with Gasteiger partial charge in [-0.15, -0.1) is 0 Å². The van der Waals surface area contributed by atoms with Crippen molar-refractivity contribution >= 4 is 11.7 Å². The molecule has 0 radical (unpaired) electrons. The molecule has 0 aliphatic carbocycles. The number of guanidine groups is 1. The zero-order chi connectivity index (χ0) is 12.3. The van der Waals surface area contributed by atoms with Gasteiger partial charge in [0.25, 0.3) is 0 Å². The Labute approximate surface area is 92.1 Å². The van der Waals surface area contributed by atoms with Gasteiger partial charge in [0.2, 0.25) is 0 Å². The standard InChI is InChI=1S/C8H18N4O.C2H6/c1-2-7(13)6(9)4-3-5-12-8(10)11;1-2/h6H,2-5,9H2,1H3,(H4,10,11,12);1-2H3. The molecule has 0 spiro atoms. The normalized spacial score (nSPS) is 10.9. The van der Waals surface area contributed by atoms with Crippen LogP contribution in [0.2, 0.25) is 0 Å². The molecule has 0 rings (SSSR count). The van der Waals surface area contributed by atoms with E-state index in [1.54, 1.807) is 6.92 Å². The predicted molar refractivity (Wildman–Crippen MR) is 64.5 cm³/mol. The molecule has 0 aromatic carbocycles. The second kappa shape index (κ2) is 11.0. The lowest BCUT2D eigenvalue weighted by Gasteiger charge is -2.07. The Morgan fingerprint density at radius 2 is 1.87 bits per heavy atom. The Hall–Kier alpha value is -1.10. The van der Waals surface area contributed by atoms with Crippen LogP contribution < -0.4 is 17.2 Å². The Morgan fingerprint density at radius 1 is 1.33 bits per heavy atom. The van der Waals surface area contributed by atoms with E-state index >= 15 is 0 Å². The van der Waals surface area contributed by atoms with Crippen LogP contribution in [0.4, 0.5) is 0 Å². The Morgan fingerprint density at radius 3 is 2.27 bits per heavy atom. The van der Waals surface area contributed by atoms with E-state index in [4.69, 9.17) is 17.2 Å². The monoisotopic (exact) mass is 216 g/mol. The van der Waals surface area contributed by atoms with Crippen LogP contribution in [0, 0.1) is 0 Å². The summed E-state index contributed by atoms with van der Waals surface area (Å²) in [6.45, 7) is 6.34. The van der Waals surface area contributed by atoms with Crippen LogP contribution in [0.5, 0.6) is 0 Å². The summed E-state index contributed by atoms with van der Waals surface area (Å²) in [5.74, 6) is 0.167. The van der Waals surface area contributed by atoms with E-state index in [0.29, 0.717) is 19.4 Å². The van der Waals surface area contributed by atoms with Crippen LogP contribution >= 0.6 is 0 Å². The number of rotatable bonds is 6. The molecule has 5 nitrogen and oxygen atoms in total. The maximum atomic E-state index is 11.0. The third kappa shape index (κ3) is 10.8. The van der Waals surface area contributed by atoms with E-state index in [1.807, 2.05) is 13.8 Å². The molecule has 90 valence electrons. The van der Waals surface area contributed by atoms with Crippen molar-refractivity contribution in [3.05, 3.63) is 0 Å². The zero-order valence-corrected chi connectivity index (χ0v) is 9.99. The Balaban J connectivity index is 0. The number of hydrogen-bond acceptors (Lipinski definition) is 3. The van der Waals surface area contributed by atoms with Gasteiger partial charge in [-0.25, -0.2) is 0 Å². The van der Waals surface area contributed by atoms with Crippen LogP contribution in [0.1, 0.15) is 40.0 Å². The lowest BCUT2D eigenvalue weighted by Crippen LogP contribution is -2.30. The SMILES string of the molecule is CC.CCC(=O)C(N)CCCN=C(N)N. The van der Waals surface area contributed by atoms with Crippen LogP contribution in [-0.4, -0.2) is 24.3 Å². The second-order valence-corrected chi connectivity index (χ2v) is 2.88. The summed E-state index contributed by atoms with van der Waals surface area (Å²) in [5.41, 5.74) is 15.8. The first-order chi connectivity index (χ1) is 7.07. The predicted octanol–water partition coefficient (Wildman–Crippen LogP) is 0.373. The molecular weight excluding hydrogens is 192 g/mol. The first-order valence-corrected chi connectivity index (χ1v) is 5.41. The molecule has 1 atom stereocenters. The molecule has 5 heteroatoms. The van der Waals surface area contributed by atoms with Crippen LogP contribution in [0.3, 0.4) is 0 Å². The molecule has 0 saturated heterocycles. The second-order valence-electron chi connectivity index (χ2n) is 2.88. The molecule has 0 aliphatic rings. The summed E-state index contributed by atoms with van der Waals surface area (Å²) in [5, 5.41) is 0. The maximum Gasteiger partial charge on any atom is 0.185 e. The van der Waals surface area contributed by atoms with Crippen LogP contribution in [0.15, 0.2) is 4.99 Å². The number of Topliss-reactive ketones (excluding diaryl/α,β-unsaturated/α-hetero) is 1. The van der Waals surface area contributed by atoms with Gasteiger partial charge in [0.15, 0.2) is 5.96 Å². The quantitative estimate of drug-likeness (QED) is 0.339. The van der Waals surface area contributed by atoms with Crippen molar-refractivity contribution in [2.75, 3.05) is 6.54 Å². The molecule has 0 bridgehead atoms. The zero-order valence-electron chi connectivity index (χ0n) is 9.99. The Bertz CT molecular complexity index is 188. The maximum absolute atomic E-state index is 11.0. The highest BCUT2D eigenvalue weighted by molar-refractivity contribution is 5.83. The number of nitrogens with zero attached hydrogens (tertiary/aromatic N) is 1. The molecule has 0 fully saturated rings. The summed E-state index contributed by atoms with van der Waals surface area (Å²) in [6.07, 6.45) is 1.87. The number of carbonyl (C=O) groups excluding carboxylic acids is 1. The van der Waals surface area contributed by atoms with Gasteiger partial charge in [-0.3, -0.25) is 9.79 Å². The van der Waals surface area contributed by atoms with Crippen molar-refractivity contribution in [3.8, 4) is 0 Å². The summed E-state index contributed by atoms with van der Waals surface area (Å²) in [4.78, 5) is 14.8. The van der Waals surface area contributed by atoms with E-state index in [-0.39, 0.29) is 17.8 Å². The summed E-state index contributed by atoms with van der Waals surface area (Å²) < 4.78 is 0. The fourth-order valence-electron chi connectivity index (χ4n) is 0.943. The van der Waals surface area contributed by atoms with Crippen molar-refractivity contribution in [3.63, 3.8) is 0 Å². The van der Waals surface area contributed by atoms with Crippen molar-refractivity contribution in [1.29, 1.82) is 0 Å². The molecule has 0 aromatic rings. The molecule has 0 saturated carbocycles. The fraction of sp³-hybridized carbons (Fsp3) is 0.800. The minimum absolute atomic E-state index is 0.0791. The van der Waals surface area contributed by atoms with E-state index in [1.165, 1.54) is 0 Å². The van der Waals surface area contributed by atoms with Crippen molar-refractivity contribution in [2.45, 2.75) is 46.1 Å². The lowest BCUT2D eigenvalue weighted by molar-refractivity contribution is -0.120. The van der Waals surface area contributed by atoms with Crippen LogP contribution in [0.25, 0.3) is 0 Å². The smallest absolute Gasteiger partial charge is 0.185 e. The molecule has 15 heavy (non-hydrogen) atoms. The number of ketones is 1. The molecular formula is C10H24N4O. The summed E-state index contributed by atoms with van der Waals surface area (Å²) in [7, 11) is 0. The van der Waals surface area contributed by atoms with Crippen LogP contribution in [-0.2, 0) is 4.79 Å². The highest BCUT2D eigenvalue weighted by atomic mass is 16.1. The van der Waals surface area contributed by atoms with Gasteiger partial charge in [-0.05, 0) is 12.8 Å². The van der Waals surface area contributed by atoms with Gasteiger partial charge in [0.05, 0.1) is 6.04 Å². The molecule has 0 amide bonds. The van der Waals surface area contributed by atoms with Crippen molar-refractivity contribution < 1.29 is 4.79 Å². The van der Waals surface area contributed by atoms with Gasteiger partial charge in [0.1, 0.15) is 5.78 Å². The fourth-order valence-corrected chi connectivity index (χ4v) is 0.943. The largest absolute Gasteiger partial charge is 0.370 e. The average Bonchev–Trinajstić information content (AvgIpc) is 2.25. The van der Waals surface area contributed by atoms with Gasteiger partial charge in [-0.2, -0.15) is 0 Å². The minimum atomic E-state index is -0.362. The highest BCUT2D eigenvalue weighted by Gasteiger charge is 2.09. The van der Waals surface area contributed by atoms with E-state index < -0.39 is 0 Å². The first kappa shape index (κ1) is 16.3. The molecule has 0 heterocycles. The number of hydrogen-bond donors (Lipinski definition) is 3. The number of nitrogens with two attached hydrogens (primary N) is 3. The molecule has 0 aromatic heterocycles. The van der Waals surface area contributed by atoms with E-state index in [2.05, 4.69) is 4.99 Å². The van der Waals surface area contributed by atoms with Crippen molar-refractivity contribution in [1.82, 2.24) is 0 Å². The van der Waals surface area contributed by atoms with E-state index in [9.17, 15) is 4.79 Å². The van der Waals surface area contributed by atoms with Gasteiger partial charge in [0, 0.05) is 13.0 Å². The number of carbonyl (C=O) groups is 1. The summed E-state index contributed by atoms with van der Waals surface area (Å²) >= 11 is 0. The summed E-state index contributed by atoms with van der Waals surface area (Å²) in [6, 6.07) is -0.362. The average molecular weight is 216 g/mol. The minimum Gasteiger partial charge on any atom is -0.370 e. The molecule has 0 aliphatic heterocycles. The number of aliphatic imine (C=N–C) groups is 1. The molecule has 6 N–H and O–H groups in total. The van der Waals surface area contributed by atoms with Gasteiger partial charge in [-0.1, -0.05) is 20.8 Å². The third-order valence-corrected chi connectivity index (χ3v) is 1.73. The lowest BCUT2D eigenvalue weighted by atomic mass is 10.1. The Kier molecular flexibility index (Phi) is 12.0. The third-order valence-electron chi connectivity index (χ3n) is 1.73.